The molecule has 1 aliphatic heterocycles. The molecule has 0 saturated carbocycles. The largest absolute Gasteiger partial charge is 0.468 e. The molecule has 0 bridgehead atoms. The van der Waals surface area contributed by atoms with E-state index >= 15 is 0 Å². The van der Waals surface area contributed by atoms with Crippen LogP contribution in [0.5, 0.6) is 0 Å². The van der Waals surface area contributed by atoms with Crippen LogP contribution in [0, 0.1) is 0 Å². The maximum absolute atomic E-state index is 12.7. The van der Waals surface area contributed by atoms with Gasteiger partial charge in [0.25, 0.3) is 5.91 Å². The van der Waals surface area contributed by atoms with Gasteiger partial charge in [-0.2, -0.15) is 0 Å². The van der Waals surface area contributed by atoms with E-state index in [2.05, 4.69) is 10.1 Å². The Hall–Kier alpha value is -2.37. The molecule has 21 heavy (non-hydrogen) atoms. The molecule has 0 unspecified atom stereocenters. The fourth-order valence-electron chi connectivity index (χ4n) is 3.15. The Morgan fingerprint density at radius 2 is 2.14 bits per heavy atom. The van der Waals surface area contributed by atoms with Gasteiger partial charge < -0.3 is 10.1 Å². The summed E-state index contributed by atoms with van der Waals surface area (Å²) in [4.78, 5) is 37.2. The third kappa shape index (κ3) is 1.98. The average molecular weight is 288 g/mol. The highest BCUT2D eigenvalue weighted by atomic mass is 16.5. The normalized spacial score (nSPS) is 24.0. The molecule has 1 heterocycles. The van der Waals surface area contributed by atoms with Gasteiger partial charge in [-0.15, -0.1) is 0 Å². The Balaban J connectivity index is 1.99. The summed E-state index contributed by atoms with van der Waals surface area (Å²) in [6.45, 7) is -0.356. The molecule has 0 radical (unpaired) electrons. The van der Waals surface area contributed by atoms with Crippen molar-refractivity contribution in [1.29, 1.82) is 0 Å². The van der Waals surface area contributed by atoms with Crippen LogP contribution in [0.3, 0.4) is 0 Å². The molecule has 3 amide bonds. The summed E-state index contributed by atoms with van der Waals surface area (Å²) in [5, 5.41) is 2.78. The minimum Gasteiger partial charge on any atom is -0.468 e. The van der Waals surface area contributed by atoms with Crippen molar-refractivity contribution in [2.24, 2.45) is 0 Å². The van der Waals surface area contributed by atoms with E-state index in [1.54, 1.807) is 0 Å². The van der Waals surface area contributed by atoms with Crippen molar-refractivity contribution in [2.75, 3.05) is 13.7 Å². The smallest absolute Gasteiger partial charge is 0.325 e. The fraction of sp³-hybridized carbons (Fsp3) is 0.400. The molecule has 6 nitrogen and oxygen atoms in total. The predicted molar refractivity (Wildman–Crippen MR) is 73.3 cm³/mol. The molecular weight excluding hydrogens is 272 g/mol. The quantitative estimate of drug-likeness (QED) is 0.649. The molecule has 3 rings (SSSR count). The molecule has 2 aliphatic rings. The summed E-state index contributed by atoms with van der Waals surface area (Å²) in [7, 11) is 1.23. The number of esters is 1. The number of aryl methyl sites for hydroxylation is 1. The topological polar surface area (TPSA) is 75.7 Å². The molecular formula is C15H16N2O4. The van der Waals surface area contributed by atoms with Gasteiger partial charge in [-0.25, -0.2) is 4.79 Å². The molecule has 1 aromatic carbocycles. The summed E-state index contributed by atoms with van der Waals surface area (Å²) in [6.07, 6.45) is 2.25. The first-order chi connectivity index (χ1) is 10.1. The standard InChI is InChI=1S/C15H16N2O4/c1-21-12(18)9-17-13(19)15(16-14(17)20)8-4-6-10-5-2-3-7-11(10)15/h2-3,5,7H,4,6,8-9H2,1H3,(H,16,20)/t15-/m0/s1. The number of nitrogens with one attached hydrogen (secondary N) is 1. The van der Waals surface area contributed by atoms with Crippen LogP contribution in [-0.2, 0) is 26.3 Å². The first-order valence-corrected chi connectivity index (χ1v) is 6.88. The molecule has 1 aliphatic carbocycles. The average Bonchev–Trinajstić information content (AvgIpc) is 2.73. The summed E-state index contributed by atoms with van der Waals surface area (Å²) < 4.78 is 4.54. The maximum Gasteiger partial charge on any atom is 0.325 e. The van der Waals surface area contributed by atoms with Crippen molar-refractivity contribution in [3.63, 3.8) is 0 Å². The number of ether oxygens (including phenoxy) is 1. The van der Waals surface area contributed by atoms with E-state index < -0.39 is 17.5 Å². The summed E-state index contributed by atoms with van der Waals surface area (Å²) in [5.41, 5.74) is 0.874. The monoisotopic (exact) mass is 288 g/mol. The third-order valence-corrected chi connectivity index (χ3v) is 4.17. The van der Waals surface area contributed by atoms with Gasteiger partial charge in [0.2, 0.25) is 0 Å². The number of rotatable bonds is 2. The van der Waals surface area contributed by atoms with Gasteiger partial charge in [0, 0.05) is 0 Å². The van der Waals surface area contributed by atoms with Gasteiger partial charge in [-0.1, -0.05) is 24.3 Å². The highest BCUT2D eigenvalue weighted by Crippen LogP contribution is 2.39. The molecule has 0 aromatic heterocycles. The summed E-state index contributed by atoms with van der Waals surface area (Å²) in [5.74, 6) is -0.982. The van der Waals surface area contributed by atoms with Crippen LogP contribution in [0.15, 0.2) is 24.3 Å². The van der Waals surface area contributed by atoms with E-state index in [-0.39, 0.29) is 12.5 Å². The number of nitrogens with zero attached hydrogens (tertiary/aromatic N) is 1. The van der Waals surface area contributed by atoms with Crippen LogP contribution < -0.4 is 5.32 Å². The van der Waals surface area contributed by atoms with Gasteiger partial charge in [-0.05, 0) is 30.4 Å². The van der Waals surface area contributed by atoms with Crippen molar-refractivity contribution < 1.29 is 19.1 Å². The van der Waals surface area contributed by atoms with Gasteiger partial charge in [0.1, 0.15) is 12.1 Å². The van der Waals surface area contributed by atoms with Crippen molar-refractivity contribution in [3.05, 3.63) is 35.4 Å². The van der Waals surface area contributed by atoms with E-state index in [9.17, 15) is 14.4 Å². The Labute approximate surface area is 122 Å². The highest BCUT2D eigenvalue weighted by Gasteiger charge is 2.54. The maximum atomic E-state index is 12.7. The Morgan fingerprint density at radius 3 is 2.90 bits per heavy atom. The lowest BCUT2D eigenvalue weighted by Gasteiger charge is -2.33. The number of fused-ring (bicyclic) bond motifs is 2. The highest BCUT2D eigenvalue weighted by molar-refractivity contribution is 6.09. The lowest BCUT2D eigenvalue weighted by Crippen LogP contribution is -2.46. The molecule has 1 atom stereocenters. The number of benzene rings is 1. The van der Waals surface area contributed by atoms with Crippen LogP contribution in [0.2, 0.25) is 0 Å². The molecule has 1 spiro atoms. The van der Waals surface area contributed by atoms with E-state index in [1.165, 1.54) is 7.11 Å². The van der Waals surface area contributed by atoms with Crippen LogP contribution in [0.4, 0.5) is 4.79 Å². The minimum atomic E-state index is -1.03. The van der Waals surface area contributed by atoms with Gasteiger partial charge >= 0.3 is 12.0 Å². The van der Waals surface area contributed by atoms with Gasteiger partial charge in [0.05, 0.1) is 7.11 Å². The first-order valence-electron chi connectivity index (χ1n) is 6.88. The van der Waals surface area contributed by atoms with Crippen molar-refractivity contribution >= 4 is 17.9 Å². The Bertz CT molecular complexity index is 628. The molecule has 1 saturated heterocycles. The van der Waals surface area contributed by atoms with Crippen molar-refractivity contribution in [3.8, 4) is 0 Å². The number of amides is 3. The van der Waals surface area contributed by atoms with E-state index in [4.69, 9.17) is 0 Å². The van der Waals surface area contributed by atoms with E-state index in [0.29, 0.717) is 6.42 Å². The van der Waals surface area contributed by atoms with Gasteiger partial charge in [0.15, 0.2) is 0 Å². The number of hydrogen-bond donors (Lipinski definition) is 1. The van der Waals surface area contributed by atoms with Crippen molar-refractivity contribution in [2.45, 2.75) is 24.8 Å². The zero-order valence-electron chi connectivity index (χ0n) is 11.7. The second kappa shape index (κ2) is 4.87. The number of imide groups is 1. The lowest BCUT2D eigenvalue weighted by atomic mass is 9.76. The Kier molecular flexibility index (Phi) is 3.16. The summed E-state index contributed by atoms with van der Waals surface area (Å²) in [6, 6.07) is 7.08. The van der Waals surface area contributed by atoms with Crippen LogP contribution in [0.25, 0.3) is 0 Å². The predicted octanol–water partition coefficient (Wildman–Crippen LogP) is 0.943. The first kappa shape index (κ1) is 13.6. The minimum absolute atomic E-state index is 0.356. The van der Waals surface area contributed by atoms with Crippen LogP contribution in [0.1, 0.15) is 24.0 Å². The third-order valence-electron chi connectivity index (χ3n) is 4.17. The zero-order chi connectivity index (χ0) is 15.0. The van der Waals surface area contributed by atoms with E-state index in [1.807, 2.05) is 24.3 Å². The number of hydrogen-bond acceptors (Lipinski definition) is 4. The summed E-state index contributed by atoms with van der Waals surface area (Å²) >= 11 is 0. The van der Waals surface area contributed by atoms with Gasteiger partial charge in [-0.3, -0.25) is 14.5 Å². The number of urea groups is 1. The second-order valence-corrected chi connectivity index (χ2v) is 5.31. The molecule has 1 N–H and O–H groups in total. The molecule has 1 fully saturated rings. The second-order valence-electron chi connectivity index (χ2n) is 5.31. The number of carbonyl (C=O) groups excluding carboxylic acids is 3. The zero-order valence-corrected chi connectivity index (χ0v) is 11.7. The number of carbonyl (C=O) groups is 3. The molecule has 110 valence electrons. The number of methoxy groups -OCH3 is 1. The molecule has 6 heteroatoms. The van der Waals surface area contributed by atoms with Crippen LogP contribution in [-0.4, -0.2) is 36.5 Å². The lowest BCUT2D eigenvalue weighted by molar-refractivity contribution is -0.145. The van der Waals surface area contributed by atoms with E-state index in [0.717, 1.165) is 28.9 Å². The van der Waals surface area contributed by atoms with Crippen molar-refractivity contribution in [1.82, 2.24) is 10.2 Å². The van der Waals surface area contributed by atoms with Crippen LogP contribution >= 0.6 is 0 Å². The molecule has 1 aromatic rings. The SMILES string of the molecule is COC(=O)CN1C(=O)N[C@]2(CCCc3ccccc32)C1=O. The Morgan fingerprint density at radius 1 is 1.38 bits per heavy atom. The fourth-order valence-corrected chi connectivity index (χ4v) is 3.15.